The minimum atomic E-state index is -0.172. The molecule has 29 heavy (non-hydrogen) atoms. The Hall–Kier alpha value is -2.86. The Morgan fingerprint density at radius 3 is 2.72 bits per heavy atom. The molecule has 1 atom stereocenters. The number of hydrogen-bond donors (Lipinski definition) is 1. The van der Waals surface area contributed by atoms with Crippen LogP contribution in [0.5, 0.6) is 0 Å². The van der Waals surface area contributed by atoms with Gasteiger partial charge in [-0.15, -0.1) is 0 Å². The van der Waals surface area contributed by atoms with Gasteiger partial charge in [0.15, 0.2) is 5.16 Å². The fourth-order valence-corrected chi connectivity index (χ4v) is 4.78. The number of aromatic nitrogens is 2. The van der Waals surface area contributed by atoms with E-state index in [2.05, 4.69) is 17.2 Å². The first kappa shape index (κ1) is 19.5. The molecule has 1 N–H and O–H groups in total. The molecule has 1 amide bonds. The molecule has 0 bridgehead atoms. The highest BCUT2D eigenvalue weighted by atomic mass is 32.2. The Labute approximate surface area is 174 Å². The van der Waals surface area contributed by atoms with E-state index in [-0.39, 0.29) is 23.9 Å². The molecule has 1 unspecified atom stereocenters. The fraction of sp³-hybridized carbons (Fsp3) is 0.261. The third-order valence-electron chi connectivity index (χ3n) is 4.96. The number of carbonyl (C=O) groups excluding carboxylic acids is 1. The second kappa shape index (κ2) is 8.66. The van der Waals surface area contributed by atoms with E-state index >= 15 is 0 Å². The van der Waals surface area contributed by atoms with E-state index in [1.165, 1.54) is 0 Å². The number of nitrogens with zero attached hydrogens (tertiary/aromatic N) is 2. The van der Waals surface area contributed by atoms with E-state index in [4.69, 9.17) is 0 Å². The predicted octanol–water partition coefficient (Wildman–Crippen LogP) is 4.54. The zero-order chi connectivity index (χ0) is 20.2. The third-order valence-corrected chi connectivity index (χ3v) is 6.05. The van der Waals surface area contributed by atoms with Gasteiger partial charge in [0.2, 0.25) is 5.91 Å². The van der Waals surface area contributed by atoms with Gasteiger partial charge in [-0.2, -0.15) is 0 Å². The highest BCUT2D eigenvalue weighted by molar-refractivity contribution is 7.99. The number of para-hydroxylation sites is 1. The SMILES string of the molecule is CCCc1cc(=O)n2c(n1)SCC2CC(=O)Nc1ccccc1-c1ccccc1. The van der Waals surface area contributed by atoms with Crippen molar-refractivity contribution in [1.29, 1.82) is 0 Å². The summed E-state index contributed by atoms with van der Waals surface area (Å²) in [5.74, 6) is 0.585. The van der Waals surface area contributed by atoms with Gasteiger partial charge in [0.1, 0.15) is 0 Å². The van der Waals surface area contributed by atoms with E-state index < -0.39 is 0 Å². The van der Waals surface area contributed by atoms with Gasteiger partial charge in [0, 0.05) is 35.2 Å². The van der Waals surface area contributed by atoms with Crippen LogP contribution >= 0.6 is 11.8 Å². The van der Waals surface area contributed by atoms with Crippen LogP contribution in [0.2, 0.25) is 0 Å². The Morgan fingerprint density at radius 1 is 1.17 bits per heavy atom. The lowest BCUT2D eigenvalue weighted by Crippen LogP contribution is -2.27. The first-order chi connectivity index (χ1) is 14.2. The van der Waals surface area contributed by atoms with E-state index in [9.17, 15) is 9.59 Å². The average Bonchev–Trinajstić information content (AvgIpc) is 3.12. The minimum Gasteiger partial charge on any atom is -0.325 e. The number of benzene rings is 2. The van der Waals surface area contributed by atoms with Crippen molar-refractivity contribution >= 4 is 23.4 Å². The maximum Gasteiger partial charge on any atom is 0.254 e. The van der Waals surface area contributed by atoms with Crippen molar-refractivity contribution in [3.8, 4) is 11.1 Å². The standard InChI is InChI=1S/C23H23N3O2S/c1-2-8-17-13-22(28)26-18(15-29-23(26)24-17)14-21(27)25-20-12-7-6-11-19(20)16-9-4-3-5-10-16/h3-7,9-13,18H,2,8,14-15H2,1H3,(H,25,27). The lowest BCUT2D eigenvalue weighted by Gasteiger charge is -2.15. The number of aryl methyl sites for hydroxylation is 1. The normalized spacial score (nSPS) is 15.1. The largest absolute Gasteiger partial charge is 0.325 e. The Bertz CT molecular complexity index is 1080. The van der Waals surface area contributed by atoms with E-state index in [0.29, 0.717) is 5.75 Å². The smallest absolute Gasteiger partial charge is 0.254 e. The van der Waals surface area contributed by atoms with Crippen LogP contribution in [-0.4, -0.2) is 21.2 Å². The molecular weight excluding hydrogens is 382 g/mol. The van der Waals surface area contributed by atoms with E-state index in [0.717, 1.165) is 40.5 Å². The summed E-state index contributed by atoms with van der Waals surface area (Å²) in [6, 6.07) is 19.2. The Balaban J connectivity index is 1.51. The lowest BCUT2D eigenvalue weighted by molar-refractivity contribution is -0.116. The van der Waals surface area contributed by atoms with Gasteiger partial charge in [-0.1, -0.05) is 73.6 Å². The second-order valence-electron chi connectivity index (χ2n) is 7.12. The lowest BCUT2D eigenvalue weighted by atomic mass is 10.0. The van der Waals surface area contributed by atoms with Crippen molar-refractivity contribution in [2.75, 3.05) is 11.1 Å². The monoisotopic (exact) mass is 405 g/mol. The number of amides is 1. The summed E-state index contributed by atoms with van der Waals surface area (Å²) >= 11 is 1.55. The topological polar surface area (TPSA) is 64.0 Å². The summed E-state index contributed by atoms with van der Waals surface area (Å²) in [6.07, 6.45) is 2.00. The molecule has 3 aromatic rings. The molecule has 0 radical (unpaired) electrons. The predicted molar refractivity (Wildman–Crippen MR) is 117 cm³/mol. The van der Waals surface area contributed by atoms with Gasteiger partial charge in [-0.05, 0) is 18.1 Å². The molecule has 4 rings (SSSR count). The Kier molecular flexibility index (Phi) is 5.81. The molecule has 0 aliphatic carbocycles. The van der Waals surface area contributed by atoms with Gasteiger partial charge >= 0.3 is 0 Å². The summed E-state index contributed by atoms with van der Waals surface area (Å²) < 4.78 is 1.67. The zero-order valence-corrected chi connectivity index (χ0v) is 17.1. The van der Waals surface area contributed by atoms with Crippen molar-refractivity contribution in [1.82, 2.24) is 9.55 Å². The summed E-state index contributed by atoms with van der Waals surface area (Å²) in [5, 5.41) is 3.76. The highest BCUT2D eigenvalue weighted by Crippen LogP contribution is 2.33. The van der Waals surface area contributed by atoms with Crippen molar-refractivity contribution < 1.29 is 4.79 Å². The quantitative estimate of drug-likeness (QED) is 0.612. The third kappa shape index (κ3) is 4.27. The molecule has 0 saturated heterocycles. The van der Waals surface area contributed by atoms with Crippen LogP contribution in [0.1, 0.15) is 31.5 Å². The molecule has 0 fully saturated rings. The van der Waals surface area contributed by atoms with Crippen LogP contribution in [-0.2, 0) is 11.2 Å². The Morgan fingerprint density at radius 2 is 1.93 bits per heavy atom. The first-order valence-electron chi connectivity index (χ1n) is 9.85. The van der Waals surface area contributed by atoms with Gasteiger partial charge in [-0.3, -0.25) is 14.2 Å². The fourth-order valence-electron chi connectivity index (χ4n) is 3.61. The van der Waals surface area contributed by atoms with Crippen molar-refractivity contribution in [2.45, 2.75) is 37.4 Å². The van der Waals surface area contributed by atoms with Crippen LogP contribution in [0.3, 0.4) is 0 Å². The number of anilines is 1. The molecule has 6 heteroatoms. The van der Waals surface area contributed by atoms with Gasteiger partial charge in [0.05, 0.1) is 6.04 Å². The van der Waals surface area contributed by atoms with Gasteiger partial charge in [0.25, 0.3) is 5.56 Å². The molecule has 148 valence electrons. The van der Waals surface area contributed by atoms with Crippen LogP contribution in [0, 0.1) is 0 Å². The summed E-state index contributed by atoms with van der Waals surface area (Å²) in [5.41, 5.74) is 3.57. The number of carbonyl (C=O) groups is 1. The zero-order valence-electron chi connectivity index (χ0n) is 16.3. The van der Waals surface area contributed by atoms with Gasteiger partial charge in [-0.25, -0.2) is 4.98 Å². The maximum absolute atomic E-state index is 12.8. The molecule has 2 heterocycles. The van der Waals surface area contributed by atoms with Gasteiger partial charge < -0.3 is 5.32 Å². The van der Waals surface area contributed by atoms with Crippen molar-refractivity contribution in [2.24, 2.45) is 0 Å². The molecule has 2 aromatic carbocycles. The number of fused-ring (bicyclic) bond motifs is 1. The molecule has 1 aliphatic heterocycles. The first-order valence-corrected chi connectivity index (χ1v) is 10.8. The molecule has 1 aliphatic rings. The van der Waals surface area contributed by atoms with Crippen LogP contribution in [0.4, 0.5) is 5.69 Å². The number of hydrogen-bond acceptors (Lipinski definition) is 4. The number of rotatable bonds is 6. The minimum absolute atomic E-state index is 0.0639. The summed E-state index contributed by atoms with van der Waals surface area (Å²) in [6.45, 7) is 2.07. The summed E-state index contributed by atoms with van der Waals surface area (Å²) in [4.78, 5) is 30.0. The van der Waals surface area contributed by atoms with Crippen LogP contribution in [0.25, 0.3) is 11.1 Å². The highest BCUT2D eigenvalue weighted by Gasteiger charge is 2.27. The molecular formula is C23H23N3O2S. The number of thioether (sulfide) groups is 1. The maximum atomic E-state index is 12.8. The molecule has 0 saturated carbocycles. The molecule has 5 nitrogen and oxygen atoms in total. The molecule has 1 aromatic heterocycles. The average molecular weight is 406 g/mol. The molecule has 0 spiro atoms. The van der Waals surface area contributed by atoms with Crippen LogP contribution < -0.4 is 10.9 Å². The van der Waals surface area contributed by atoms with Crippen LogP contribution in [0.15, 0.2) is 70.6 Å². The van der Waals surface area contributed by atoms with E-state index in [1.54, 1.807) is 22.4 Å². The van der Waals surface area contributed by atoms with E-state index in [1.807, 2.05) is 54.6 Å². The van der Waals surface area contributed by atoms with Crippen molar-refractivity contribution in [3.63, 3.8) is 0 Å². The summed E-state index contributed by atoms with van der Waals surface area (Å²) in [7, 11) is 0. The second-order valence-corrected chi connectivity index (χ2v) is 8.10. The van der Waals surface area contributed by atoms with Crippen molar-refractivity contribution in [3.05, 3.63) is 76.7 Å². The number of nitrogens with one attached hydrogen (secondary N) is 1.